The molecule has 0 aliphatic carbocycles. The molecule has 136 valence electrons. The number of hydrogen-bond donors (Lipinski definition) is 0. The minimum atomic E-state index is -0.419. The van der Waals surface area contributed by atoms with Crippen LogP contribution in [0.2, 0.25) is 0 Å². The number of anilines is 1. The maximum Gasteiger partial charge on any atom is 0.336 e. The maximum absolute atomic E-state index is 12.5. The number of hydroxylamine groups is 1. The molecule has 1 aliphatic heterocycles. The number of likely N-dealkylation sites (tertiary alicyclic amines) is 1. The van der Waals surface area contributed by atoms with Crippen molar-refractivity contribution in [3.05, 3.63) is 28.8 Å². The Morgan fingerprint density at radius 3 is 2.00 bits per heavy atom. The topological polar surface area (TPSA) is 66.9 Å². The zero-order chi connectivity index (χ0) is 18.7. The van der Waals surface area contributed by atoms with Crippen molar-refractivity contribution in [2.45, 2.75) is 47.5 Å². The highest BCUT2D eigenvalue weighted by molar-refractivity contribution is 5.93. The van der Waals surface area contributed by atoms with Crippen molar-refractivity contribution in [2.75, 3.05) is 18.2 Å². The lowest BCUT2D eigenvalue weighted by Gasteiger charge is -2.31. The fourth-order valence-corrected chi connectivity index (χ4v) is 3.35. The minimum absolute atomic E-state index is 0.0167. The van der Waals surface area contributed by atoms with Crippen LogP contribution in [-0.4, -0.2) is 35.8 Å². The van der Waals surface area contributed by atoms with Gasteiger partial charge in [0.15, 0.2) is 0 Å². The van der Waals surface area contributed by atoms with Gasteiger partial charge in [-0.1, -0.05) is 17.7 Å². The lowest BCUT2D eigenvalue weighted by molar-refractivity contribution is -0.156. The van der Waals surface area contributed by atoms with E-state index >= 15 is 0 Å². The summed E-state index contributed by atoms with van der Waals surface area (Å²) in [5.41, 5.74) is 3.47. The average Bonchev–Trinajstić information content (AvgIpc) is 2.52. The lowest BCUT2D eigenvalue weighted by atomic mass is 9.97. The number of nitrogens with zero attached hydrogens (tertiary/aromatic N) is 2. The van der Waals surface area contributed by atoms with Crippen molar-refractivity contribution in [1.82, 2.24) is 4.90 Å². The summed E-state index contributed by atoms with van der Waals surface area (Å²) in [5, 5.41) is 1.10. The highest BCUT2D eigenvalue weighted by Gasteiger charge is 2.30. The quantitative estimate of drug-likeness (QED) is 0.772. The zero-order valence-corrected chi connectivity index (χ0v) is 15.6. The van der Waals surface area contributed by atoms with Crippen molar-refractivity contribution in [2.24, 2.45) is 5.92 Å². The molecule has 25 heavy (non-hydrogen) atoms. The van der Waals surface area contributed by atoms with Crippen LogP contribution in [0.25, 0.3) is 0 Å². The molecule has 1 aromatic carbocycles. The molecule has 1 heterocycles. The van der Waals surface area contributed by atoms with Gasteiger partial charge in [-0.2, -0.15) is 0 Å². The Balaban J connectivity index is 2.14. The highest BCUT2D eigenvalue weighted by Crippen LogP contribution is 2.28. The normalized spacial score (nSPS) is 15.0. The predicted octanol–water partition coefficient (Wildman–Crippen LogP) is 2.68. The van der Waals surface area contributed by atoms with E-state index in [0.29, 0.717) is 31.6 Å². The molecule has 0 spiro atoms. The van der Waals surface area contributed by atoms with Gasteiger partial charge in [-0.25, -0.2) is 4.79 Å². The number of amides is 2. The van der Waals surface area contributed by atoms with Crippen LogP contribution >= 0.6 is 0 Å². The van der Waals surface area contributed by atoms with E-state index in [1.165, 1.54) is 13.8 Å². The van der Waals surface area contributed by atoms with Gasteiger partial charge in [-0.3, -0.25) is 9.59 Å². The van der Waals surface area contributed by atoms with E-state index < -0.39 is 5.97 Å². The number of benzene rings is 1. The summed E-state index contributed by atoms with van der Waals surface area (Å²) in [6, 6.07) is 3.91. The number of aryl methyl sites for hydroxylation is 3. The Hall–Kier alpha value is -2.37. The van der Waals surface area contributed by atoms with Crippen molar-refractivity contribution < 1.29 is 19.2 Å². The van der Waals surface area contributed by atoms with Crippen LogP contribution in [0.5, 0.6) is 0 Å². The third kappa shape index (κ3) is 4.38. The molecular formula is C19H26N2O4. The number of rotatable bonds is 2. The fraction of sp³-hybridized carbons (Fsp3) is 0.526. The monoisotopic (exact) mass is 346 g/mol. The minimum Gasteiger partial charge on any atom is -0.343 e. The van der Waals surface area contributed by atoms with Crippen LogP contribution in [0, 0.1) is 26.7 Å². The van der Waals surface area contributed by atoms with Gasteiger partial charge in [0.25, 0.3) is 5.91 Å². The Kier molecular flexibility index (Phi) is 5.82. The molecule has 0 atom stereocenters. The molecule has 6 heteroatoms. The van der Waals surface area contributed by atoms with Crippen LogP contribution in [-0.2, 0) is 19.2 Å². The Labute approximate surface area is 148 Å². The standard InChI is InChI=1S/C19H26N2O4/c1-12-10-13(2)18(14(3)11-12)21(16(5)23)25-19(24)17-6-8-20(9-7-17)15(4)22/h10-11,17H,6-9H2,1-5H3. The molecule has 0 saturated carbocycles. The van der Waals surface area contributed by atoms with E-state index in [4.69, 9.17) is 4.84 Å². The van der Waals surface area contributed by atoms with E-state index in [2.05, 4.69) is 0 Å². The van der Waals surface area contributed by atoms with Crippen LogP contribution in [0.3, 0.4) is 0 Å². The van der Waals surface area contributed by atoms with Crippen molar-refractivity contribution in [1.29, 1.82) is 0 Å². The molecule has 0 radical (unpaired) electrons. The van der Waals surface area contributed by atoms with Gasteiger partial charge in [0.1, 0.15) is 0 Å². The second-order valence-electron chi connectivity index (χ2n) is 6.75. The summed E-state index contributed by atoms with van der Waals surface area (Å²) >= 11 is 0. The van der Waals surface area contributed by atoms with Gasteiger partial charge in [0.05, 0.1) is 11.6 Å². The van der Waals surface area contributed by atoms with Crippen molar-refractivity contribution >= 4 is 23.5 Å². The van der Waals surface area contributed by atoms with E-state index in [-0.39, 0.29) is 17.7 Å². The molecule has 0 aromatic heterocycles. The third-order valence-corrected chi connectivity index (χ3v) is 4.58. The fourth-order valence-electron chi connectivity index (χ4n) is 3.35. The van der Waals surface area contributed by atoms with Gasteiger partial charge >= 0.3 is 5.97 Å². The van der Waals surface area contributed by atoms with Gasteiger partial charge in [-0.05, 0) is 44.7 Å². The SMILES string of the molecule is CC(=O)N1CCC(C(=O)ON(C(C)=O)c2c(C)cc(C)cc2C)CC1. The second kappa shape index (κ2) is 7.68. The first-order chi connectivity index (χ1) is 11.7. The summed E-state index contributed by atoms with van der Waals surface area (Å²) in [6.07, 6.45) is 1.10. The summed E-state index contributed by atoms with van der Waals surface area (Å²) in [6.45, 7) is 9.75. The first-order valence-corrected chi connectivity index (χ1v) is 8.56. The molecule has 0 unspecified atom stereocenters. The van der Waals surface area contributed by atoms with E-state index in [1.807, 2.05) is 32.9 Å². The molecule has 0 N–H and O–H groups in total. The molecule has 0 bridgehead atoms. The van der Waals surface area contributed by atoms with Gasteiger partial charge < -0.3 is 9.74 Å². The van der Waals surface area contributed by atoms with Gasteiger partial charge in [-0.15, -0.1) is 5.06 Å². The van der Waals surface area contributed by atoms with Crippen LogP contribution in [0.15, 0.2) is 12.1 Å². The number of piperidine rings is 1. The summed E-state index contributed by atoms with van der Waals surface area (Å²) in [5.74, 6) is -1.05. The van der Waals surface area contributed by atoms with Crippen molar-refractivity contribution in [3.8, 4) is 0 Å². The zero-order valence-electron chi connectivity index (χ0n) is 15.6. The van der Waals surface area contributed by atoms with Gasteiger partial charge in [0, 0.05) is 26.9 Å². The summed E-state index contributed by atoms with van der Waals surface area (Å²) < 4.78 is 0. The van der Waals surface area contributed by atoms with Crippen molar-refractivity contribution in [3.63, 3.8) is 0 Å². The summed E-state index contributed by atoms with van der Waals surface area (Å²) in [7, 11) is 0. The molecule has 1 aliphatic rings. The number of carbonyl (C=O) groups excluding carboxylic acids is 3. The third-order valence-electron chi connectivity index (χ3n) is 4.58. The summed E-state index contributed by atoms with van der Waals surface area (Å²) in [4.78, 5) is 43.2. The first-order valence-electron chi connectivity index (χ1n) is 8.56. The molecular weight excluding hydrogens is 320 g/mol. The average molecular weight is 346 g/mol. The lowest BCUT2D eigenvalue weighted by Crippen LogP contribution is -2.42. The van der Waals surface area contributed by atoms with Gasteiger partial charge in [0.2, 0.25) is 5.91 Å². The van der Waals surface area contributed by atoms with Crippen LogP contribution < -0.4 is 5.06 Å². The molecule has 6 nitrogen and oxygen atoms in total. The predicted molar refractivity (Wildman–Crippen MR) is 94.9 cm³/mol. The highest BCUT2D eigenvalue weighted by atomic mass is 16.7. The Bertz CT molecular complexity index is 668. The van der Waals surface area contributed by atoms with E-state index in [1.54, 1.807) is 4.90 Å². The second-order valence-corrected chi connectivity index (χ2v) is 6.75. The number of carbonyl (C=O) groups is 3. The molecule has 2 rings (SSSR count). The molecule has 1 saturated heterocycles. The van der Waals surface area contributed by atoms with Crippen LogP contribution in [0.4, 0.5) is 5.69 Å². The Morgan fingerprint density at radius 2 is 1.56 bits per heavy atom. The molecule has 1 fully saturated rings. The van der Waals surface area contributed by atoms with E-state index in [9.17, 15) is 14.4 Å². The van der Waals surface area contributed by atoms with Crippen LogP contribution in [0.1, 0.15) is 43.4 Å². The molecule has 2 amide bonds. The Morgan fingerprint density at radius 1 is 1.04 bits per heavy atom. The first kappa shape index (κ1) is 19.0. The van der Waals surface area contributed by atoms with E-state index in [0.717, 1.165) is 21.8 Å². The molecule has 1 aromatic rings. The maximum atomic E-state index is 12.5. The smallest absolute Gasteiger partial charge is 0.336 e. The largest absolute Gasteiger partial charge is 0.343 e. The number of hydrogen-bond acceptors (Lipinski definition) is 4.